The lowest BCUT2D eigenvalue weighted by molar-refractivity contribution is 0.194. The highest BCUT2D eigenvalue weighted by Gasteiger charge is 2.21. The molecule has 98 valence electrons. The maximum absolute atomic E-state index is 11.9. The highest BCUT2D eigenvalue weighted by atomic mass is 16.2. The maximum atomic E-state index is 11.9. The number of anilines is 1. The average molecular weight is 247 g/mol. The molecule has 18 heavy (non-hydrogen) atoms. The molecule has 2 amide bonds. The number of rotatable bonds is 4. The van der Waals surface area contributed by atoms with Gasteiger partial charge in [-0.1, -0.05) is 18.6 Å². The SMILES string of the molecule is CN(CC1CCC1)C(=O)Nc1ccc(CN)cc1. The number of benzene rings is 1. The molecule has 4 nitrogen and oxygen atoms in total. The molecule has 1 aromatic rings. The Hall–Kier alpha value is -1.55. The van der Waals surface area contributed by atoms with E-state index in [1.165, 1.54) is 19.3 Å². The van der Waals surface area contributed by atoms with Crippen molar-refractivity contribution < 1.29 is 4.79 Å². The monoisotopic (exact) mass is 247 g/mol. The van der Waals surface area contributed by atoms with E-state index in [0.717, 1.165) is 17.8 Å². The van der Waals surface area contributed by atoms with Crippen LogP contribution < -0.4 is 11.1 Å². The van der Waals surface area contributed by atoms with Gasteiger partial charge < -0.3 is 16.0 Å². The van der Waals surface area contributed by atoms with E-state index in [2.05, 4.69) is 5.32 Å². The Labute approximate surface area is 108 Å². The minimum absolute atomic E-state index is 0.0394. The number of carbonyl (C=O) groups is 1. The maximum Gasteiger partial charge on any atom is 0.321 e. The van der Waals surface area contributed by atoms with E-state index in [-0.39, 0.29) is 6.03 Å². The minimum Gasteiger partial charge on any atom is -0.327 e. The van der Waals surface area contributed by atoms with E-state index in [4.69, 9.17) is 5.73 Å². The van der Waals surface area contributed by atoms with E-state index < -0.39 is 0 Å². The van der Waals surface area contributed by atoms with Gasteiger partial charge in [-0.25, -0.2) is 4.79 Å². The van der Waals surface area contributed by atoms with Gasteiger partial charge in [0.05, 0.1) is 0 Å². The second kappa shape index (κ2) is 5.87. The fourth-order valence-corrected chi connectivity index (χ4v) is 2.09. The lowest BCUT2D eigenvalue weighted by Crippen LogP contribution is -2.37. The summed E-state index contributed by atoms with van der Waals surface area (Å²) in [7, 11) is 1.85. The summed E-state index contributed by atoms with van der Waals surface area (Å²) in [5.41, 5.74) is 7.41. The third kappa shape index (κ3) is 3.23. The molecule has 1 saturated carbocycles. The minimum atomic E-state index is -0.0394. The van der Waals surface area contributed by atoms with Gasteiger partial charge in [-0.05, 0) is 36.5 Å². The quantitative estimate of drug-likeness (QED) is 0.858. The van der Waals surface area contributed by atoms with Crippen molar-refractivity contribution in [2.75, 3.05) is 18.9 Å². The molecular formula is C14H21N3O. The predicted octanol–water partition coefficient (Wildman–Crippen LogP) is 2.41. The van der Waals surface area contributed by atoms with E-state index in [0.29, 0.717) is 12.5 Å². The van der Waals surface area contributed by atoms with Crippen molar-refractivity contribution in [2.24, 2.45) is 11.7 Å². The average Bonchev–Trinajstić information content (AvgIpc) is 2.34. The van der Waals surface area contributed by atoms with Crippen LogP contribution in [0.4, 0.5) is 10.5 Å². The van der Waals surface area contributed by atoms with Crippen molar-refractivity contribution in [1.82, 2.24) is 4.90 Å². The Morgan fingerprint density at radius 3 is 2.56 bits per heavy atom. The molecule has 0 radical (unpaired) electrons. The van der Waals surface area contributed by atoms with Crippen LogP contribution in [0.25, 0.3) is 0 Å². The lowest BCUT2D eigenvalue weighted by Gasteiger charge is -2.30. The fourth-order valence-electron chi connectivity index (χ4n) is 2.09. The lowest BCUT2D eigenvalue weighted by atomic mass is 9.85. The first kappa shape index (κ1) is 12.9. The molecular weight excluding hydrogens is 226 g/mol. The smallest absolute Gasteiger partial charge is 0.321 e. The van der Waals surface area contributed by atoms with Crippen molar-refractivity contribution in [1.29, 1.82) is 0 Å². The first-order valence-electron chi connectivity index (χ1n) is 6.50. The second-order valence-corrected chi connectivity index (χ2v) is 5.01. The molecule has 3 N–H and O–H groups in total. The Balaban J connectivity index is 1.84. The first-order chi connectivity index (χ1) is 8.69. The molecule has 0 aliphatic heterocycles. The van der Waals surface area contributed by atoms with Gasteiger partial charge in [0.1, 0.15) is 0 Å². The standard InChI is InChI=1S/C14H21N3O/c1-17(10-12-3-2-4-12)14(18)16-13-7-5-11(9-15)6-8-13/h5-8,12H,2-4,9-10,15H2,1H3,(H,16,18). The molecule has 0 spiro atoms. The second-order valence-electron chi connectivity index (χ2n) is 5.01. The van der Waals surface area contributed by atoms with Gasteiger partial charge in [0.2, 0.25) is 0 Å². The van der Waals surface area contributed by atoms with E-state index in [1.807, 2.05) is 31.3 Å². The number of urea groups is 1. The van der Waals surface area contributed by atoms with E-state index >= 15 is 0 Å². The van der Waals surface area contributed by atoms with E-state index in [1.54, 1.807) is 4.90 Å². The number of nitrogens with zero attached hydrogens (tertiary/aromatic N) is 1. The van der Waals surface area contributed by atoms with Crippen molar-refractivity contribution in [2.45, 2.75) is 25.8 Å². The van der Waals surface area contributed by atoms with Gasteiger partial charge in [-0.2, -0.15) is 0 Å². The number of hydrogen-bond acceptors (Lipinski definition) is 2. The Bertz CT molecular complexity index is 398. The summed E-state index contributed by atoms with van der Waals surface area (Å²) < 4.78 is 0. The molecule has 1 aliphatic rings. The summed E-state index contributed by atoms with van der Waals surface area (Å²) in [5, 5.41) is 2.89. The van der Waals surface area contributed by atoms with Crippen LogP contribution in [0.15, 0.2) is 24.3 Å². The number of amides is 2. The summed E-state index contributed by atoms with van der Waals surface area (Å²) in [4.78, 5) is 13.7. The van der Waals surface area contributed by atoms with Gasteiger partial charge in [0.25, 0.3) is 0 Å². The highest BCUT2D eigenvalue weighted by molar-refractivity contribution is 5.89. The first-order valence-corrected chi connectivity index (χ1v) is 6.50. The Morgan fingerprint density at radius 1 is 1.39 bits per heavy atom. The number of nitrogens with two attached hydrogens (primary N) is 1. The summed E-state index contributed by atoms with van der Waals surface area (Å²) in [6.07, 6.45) is 3.81. The number of carbonyl (C=O) groups excluding carboxylic acids is 1. The summed E-state index contributed by atoms with van der Waals surface area (Å²) in [5.74, 6) is 0.695. The molecule has 1 aromatic carbocycles. The fraction of sp³-hybridized carbons (Fsp3) is 0.500. The molecule has 0 saturated heterocycles. The van der Waals surface area contributed by atoms with Crippen molar-refractivity contribution >= 4 is 11.7 Å². The molecule has 0 bridgehead atoms. The molecule has 1 aliphatic carbocycles. The molecule has 1 fully saturated rings. The molecule has 0 unspecified atom stereocenters. The normalized spacial score (nSPS) is 15.0. The molecule has 0 atom stereocenters. The van der Waals surface area contributed by atoms with E-state index in [9.17, 15) is 4.79 Å². The molecule has 0 heterocycles. The van der Waals surface area contributed by atoms with Crippen LogP contribution >= 0.6 is 0 Å². The third-order valence-electron chi connectivity index (χ3n) is 3.54. The van der Waals surface area contributed by atoms with Crippen molar-refractivity contribution in [3.63, 3.8) is 0 Å². The summed E-state index contributed by atoms with van der Waals surface area (Å²) in [6, 6.07) is 7.60. The zero-order chi connectivity index (χ0) is 13.0. The Kier molecular flexibility index (Phi) is 4.20. The summed E-state index contributed by atoms with van der Waals surface area (Å²) >= 11 is 0. The number of nitrogens with one attached hydrogen (secondary N) is 1. The largest absolute Gasteiger partial charge is 0.327 e. The molecule has 4 heteroatoms. The zero-order valence-electron chi connectivity index (χ0n) is 10.9. The van der Waals surface area contributed by atoms with Gasteiger partial charge in [0, 0.05) is 25.8 Å². The van der Waals surface area contributed by atoms with Gasteiger partial charge >= 0.3 is 6.03 Å². The van der Waals surface area contributed by atoms with Gasteiger partial charge in [-0.15, -0.1) is 0 Å². The predicted molar refractivity (Wildman–Crippen MR) is 73.3 cm³/mol. The Morgan fingerprint density at radius 2 is 2.06 bits per heavy atom. The van der Waals surface area contributed by atoms with Gasteiger partial charge in [-0.3, -0.25) is 0 Å². The van der Waals surface area contributed by atoms with Crippen LogP contribution in [0.2, 0.25) is 0 Å². The summed E-state index contributed by atoms with van der Waals surface area (Å²) in [6.45, 7) is 1.38. The third-order valence-corrected chi connectivity index (χ3v) is 3.54. The van der Waals surface area contributed by atoms with Crippen LogP contribution in [0, 0.1) is 5.92 Å². The van der Waals surface area contributed by atoms with Crippen LogP contribution in [-0.4, -0.2) is 24.5 Å². The van der Waals surface area contributed by atoms with Crippen LogP contribution in [-0.2, 0) is 6.54 Å². The van der Waals surface area contributed by atoms with Crippen LogP contribution in [0.5, 0.6) is 0 Å². The topological polar surface area (TPSA) is 58.4 Å². The van der Waals surface area contributed by atoms with Crippen LogP contribution in [0.1, 0.15) is 24.8 Å². The van der Waals surface area contributed by atoms with Crippen LogP contribution in [0.3, 0.4) is 0 Å². The molecule has 2 rings (SSSR count). The zero-order valence-corrected chi connectivity index (χ0v) is 10.9. The molecule has 0 aromatic heterocycles. The van der Waals surface area contributed by atoms with Crippen molar-refractivity contribution in [3.8, 4) is 0 Å². The highest BCUT2D eigenvalue weighted by Crippen LogP contribution is 2.26. The number of hydrogen-bond donors (Lipinski definition) is 2. The van der Waals surface area contributed by atoms with Gasteiger partial charge in [0.15, 0.2) is 0 Å². The van der Waals surface area contributed by atoms with Crippen molar-refractivity contribution in [3.05, 3.63) is 29.8 Å².